The molecule has 4 nitrogen and oxygen atoms in total. The molecule has 0 saturated carbocycles. The fourth-order valence-electron chi connectivity index (χ4n) is 0.502. The highest BCUT2D eigenvalue weighted by molar-refractivity contribution is 7.96. The van der Waals surface area contributed by atoms with Gasteiger partial charge >= 0.3 is 0 Å². The van der Waals surface area contributed by atoms with Gasteiger partial charge in [0.2, 0.25) is 0 Å². The third kappa shape index (κ3) is 7.54. The van der Waals surface area contributed by atoms with Crippen LogP contribution in [0, 0.1) is 0 Å². The second-order valence-electron chi connectivity index (χ2n) is 2.04. The Morgan fingerprint density at radius 1 is 1.36 bits per heavy atom. The lowest BCUT2D eigenvalue weighted by atomic mass is 10.3. The number of hydrogen-bond acceptors (Lipinski definition) is 2. The average Bonchev–Trinajstić information content (AvgIpc) is 1.82. The topological polar surface area (TPSA) is 58.2 Å². The van der Waals surface area contributed by atoms with Gasteiger partial charge in [-0.25, -0.2) is 0 Å². The first kappa shape index (κ1) is 10.6. The molecule has 6 heteroatoms. The van der Waals surface area contributed by atoms with Crippen molar-refractivity contribution in [3.8, 4) is 0 Å². The molecule has 64 valence electrons. The van der Waals surface area contributed by atoms with Crippen LogP contribution in [-0.4, -0.2) is 23.1 Å². The molecule has 1 unspecified atom stereocenters. The highest BCUT2D eigenvalue weighted by Crippen LogP contribution is 1.84. The molecular formula is C5H10N2O2S2. The van der Waals surface area contributed by atoms with Gasteiger partial charge in [0.15, 0.2) is 0 Å². The summed E-state index contributed by atoms with van der Waals surface area (Å²) in [6, 6.07) is -0.129. The van der Waals surface area contributed by atoms with Gasteiger partial charge in [-0.1, -0.05) is 25.3 Å². The highest BCUT2D eigenvalue weighted by Gasteiger charge is 2.03. The van der Waals surface area contributed by atoms with Gasteiger partial charge in [-0.15, -0.1) is 0 Å². The number of carbonyl (C=O) groups is 2. The SMILES string of the molecule is CC(CNC(=O)S)NC(=O)S. The quantitative estimate of drug-likeness (QED) is 0.499. The summed E-state index contributed by atoms with van der Waals surface area (Å²) in [4.78, 5) is 20.6. The summed E-state index contributed by atoms with van der Waals surface area (Å²) in [7, 11) is 0. The molecule has 11 heavy (non-hydrogen) atoms. The number of amides is 2. The minimum atomic E-state index is -0.412. The van der Waals surface area contributed by atoms with E-state index in [0.29, 0.717) is 6.54 Å². The number of rotatable bonds is 3. The van der Waals surface area contributed by atoms with Gasteiger partial charge in [0, 0.05) is 12.6 Å². The van der Waals surface area contributed by atoms with E-state index in [0.717, 1.165) is 0 Å². The second-order valence-corrected chi connectivity index (χ2v) is 2.85. The molecule has 1 atom stereocenters. The maximum Gasteiger partial charge on any atom is 0.276 e. The zero-order valence-electron chi connectivity index (χ0n) is 6.00. The van der Waals surface area contributed by atoms with Crippen molar-refractivity contribution in [3.63, 3.8) is 0 Å². The fourth-order valence-corrected chi connectivity index (χ4v) is 0.814. The largest absolute Gasteiger partial charge is 0.345 e. The van der Waals surface area contributed by atoms with Crippen LogP contribution in [0.5, 0.6) is 0 Å². The van der Waals surface area contributed by atoms with Crippen LogP contribution >= 0.6 is 25.3 Å². The first-order chi connectivity index (χ1) is 5.02. The summed E-state index contributed by atoms with van der Waals surface area (Å²) in [6.45, 7) is 2.10. The summed E-state index contributed by atoms with van der Waals surface area (Å²) in [5.74, 6) is 0. The van der Waals surface area contributed by atoms with Gasteiger partial charge < -0.3 is 10.6 Å². The highest BCUT2D eigenvalue weighted by atomic mass is 32.1. The van der Waals surface area contributed by atoms with Crippen molar-refractivity contribution in [1.29, 1.82) is 0 Å². The van der Waals surface area contributed by atoms with E-state index in [1.54, 1.807) is 6.92 Å². The molecule has 0 saturated heterocycles. The van der Waals surface area contributed by atoms with E-state index in [1.807, 2.05) is 0 Å². The van der Waals surface area contributed by atoms with Crippen LogP contribution in [0.3, 0.4) is 0 Å². The molecule has 2 N–H and O–H groups in total. The maximum atomic E-state index is 10.3. The molecule has 0 fully saturated rings. The third-order valence-electron chi connectivity index (χ3n) is 0.929. The molecule has 0 bridgehead atoms. The molecule has 0 radical (unpaired) electrons. The second kappa shape index (κ2) is 5.31. The standard InChI is InChI=1S/C5H10N2O2S2/c1-3(7-5(9)11)2-6-4(8)10/h3H,2H2,1H3,(H2,6,8,10)(H2,7,9,11). The summed E-state index contributed by atoms with van der Waals surface area (Å²) in [5, 5.41) is 4.08. The molecule has 0 aliphatic carbocycles. The summed E-state index contributed by atoms with van der Waals surface area (Å²) in [5.41, 5.74) is 0. The van der Waals surface area contributed by atoms with Crippen molar-refractivity contribution < 1.29 is 9.59 Å². The fraction of sp³-hybridized carbons (Fsp3) is 0.600. The number of nitrogens with one attached hydrogen (secondary N) is 2. The number of thiol groups is 2. The van der Waals surface area contributed by atoms with Gasteiger partial charge in [0.05, 0.1) is 0 Å². The van der Waals surface area contributed by atoms with E-state index in [1.165, 1.54) is 0 Å². The van der Waals surface area contributed by atoms with E-state index in [4.69, 9.17) is 0 Å². The normalized spacial score (nSPS) is 11.9. The van der Waals surface area contributed by atoms with Crippen molar-refractivity contribution in [2.24, 2.45) is 0 Å². The Bertz CT molecular complexity index is 163. The minimum absolute atomic E-state index is 0.129. The molecule has 0 heterocycles. The predicted octanol–water partition coefficient (Wildman–Crippen LogP) is 0.654. The van der Waals surface area contributed by atoms with Gasteiger partial charge in [-0.05, 0) is 6.92 Å². The van der Waals surface area contributed by atoms with Crippen molar-refractivity contribution >= 4 is 35.7 Å². The van der Waals surface area contributed by atoms with E-state index >= 15 is 0 Å². The van der Waals surface area contributed by atoms with E-state index in [2.05, 4.69) is 35.9 Å². The van der Waals surface area contributed by atoms with Crippen LogP contribution < -0.4 is 10.6 Å². The molecule has 0 aromatic rings. The summed E-state index contributed by atoms with van der Waals surface area (Å²) >= 11 is 6.98. The van der Waals surface area contributed by atoms with Crippen LogP contribution in [0.1, 0.15) is 6.92 Å². The lowest BCUT2D eigenvalue weighted by Gasteiger charge is -2.10. The van der Waals surface area contributed by atoms with Crippen LogP contribution in [-0.2, 0) is 0 Å². The molecule has 0 aliphatic rings. The zero-order chi connectivity index (χ0) is 8.85. The van der Waals surface area contributed by atoms with Crippen molar-refractivity contribution in [1.82, 2.24) is 10.6 Å². The smallest absolute Gasteiger partial charge is 0.276 e. The molecular weight excluding hydrogens is 184 g/mol. The molecule has 2 amide bonds. The van der Waals surface area contributed by atoms with E-state index in [-0.39, 0.29) is 6.04 Å². The maximum absolute atomic E-state index is 10.3. The lowest BCUT2D eigenvalue weighted by molar-refractivity contribution is 0.254. The van der Waals surface area contributed by atoms with Crippen LogP contribution in [0.2, 0.25) is 0 Å². The van der Waals surface area contributed by atoms with E-state index in [9.17, 15) is 9.59 Å². The first-order valence-electron chi connectivity index (χ1n) is 2.98. The van der Waals surface area contributed by atoms with Crippen LogP contribution in [0.15, 0.2) is 0 Å². The molecule has 0 spiro atoms. The Morgan fingerprint density at radius 3 is 2.27 bits per heavy atom. The predicted molar refractivity (Wildman–Crippen MR) is 49.4 cm³/mol. The number of carbonyl (C=O) groups excluding carboxylic acids is 2. The third-order valence-corrected chi connectivity index (χ3v) is 1.22. The molecule has 0 aromatic heterocycles. The molecule has 0 rings (SSSR count). The Balaban J connectivity index is 3.44. The van der Waals surface area contributed by atoms with Gasteiger partial charge in [0.25, 0.3) is 10.5 Å². The lowest BCUT2D eigenvalue weighted by Crippen LogP contribution is -2.38. The number of hydrogen-bond donors (Lipinski definition) is 4. The first-order valence-corrected chi connectivity index (χ1v) is 3.88. The van der Waals surface area contributed by atoms with Crippen molar-refractivity contribution in [2.45, 2.75) is 13.0 Å². The molecule has 0 aromatic carbocycles. The summed E-state index contributed by atoms with van der Waals surface area (Å²) in [6.07, 6.45) is 0. The summed E-state index contributed by atoms with van der Waals surface area (Å²) < 4.78 is 0. The van der Waals surface area contributed by atoms with Crippen molar-refractivity contribution in [2.75, 3.05) is 6.54 Å². The Morgan fingerprint density at radius 2 is 1.91 bits per heavy atom. The van der Waals surface area contributed by atoms with Gasteiger partial charge in [0.1, 0.15) is 0 Å². The van der Waals surface area contributed by atoms with E-state index < -0.39 is 10.5 Å². The Kier molecular flexibility index (Phi) is 5.14. The van der Waals surface area contributed by atoms with Crippen molar-refractivity contribution in [3.05, 3.63) is 0 Å². The van der Waals surface area contributed by atoms with Gasteiger partial charge in [-0.3, -0.25) is 9.59 Å². The van der Waals surface area contributed by atoms with Gasteiger partial charge in [-0.2, -0.15) is 0 Å². The average molecular weight is 194 g/mol. The van der Waals surface area contributed by atoms with Crippen LogP contribution in [0.25, 0.3) is 0 Å². The molecule has 0 aliphatic heterocycles. The monoisotopic (exact) mass is 194 g/mol. The zero-order valence-corrected chi connectivity index (χ0v) is 7.78. The van der Waals surface area contributed by atoms with Crippen LogP contribution in [0.4, 0.5) is 9.59 Å². The minimum Gasteiger partial charge on any atom is -0.345 e. The Labute approximate surface area is 75.9 Å². The Hall–Kier alpha value is -0.360.